The quantitative estimate of drug-likeness (QED) is 0.857. The summed E-state index contributed by atoms with van der Waals surface area (Å²) in [6.45, 7) is 1.85. The Morgan fingerprint density at radius 3 is 2.47 bits per heavy atom. The molecule has 0 atom stereocenters. The topological polar surface area (TPSA) is 84.2 Å². The Hall–Kier alpha value is -1.85. The van der Waals surface area contributed by atoms with E-state index in [0.717, 1.165) is 18.5 Å². The van der Waals surface area contributed by atoms with E-state index in [1.807, 2.05) is 6.92 Å². The largest absolute Gasteiger partial charge is 0.481 e. The zero-order chi connectivity index (χ0) is 14.0. The summed E-state index contributed by atoms with van der Waals surface area (Å²) < 4.78 is 1.66. The Bertz CT molecular complexity index is 487. The van der Waals surface area contributed by atoms with Crippen molar-refractivity contribution in [2.24, 2.45) is 13.0 Å². The number of hydrogen-bond donors (Lipinski definition) is 2. The number of nitrogens with one attached hydrogen (secondary N) is 1. The minimum Gasteiger partial charge on any atom is -0.481 e. The first-order valence-electron chi connectivity index (χ1n) is 6.51. The van der Waals surface area contributed by atoms with E-state index in [1.165, 1.54) is 0 Å². The summed E-state index contributed by atoms with van der Waals surface area (Å²) in [6.07, 6.45) is 4.27. The maximum Gasteiger partial charge on any atom is 0.306 e. The number of aryl methyl sites for hydroxylation is 1. The van der Waals surface area contributed by atoms with Gasteiger partial charge in [0.2, 0.25) is 0 Å². The molecule has 1 saturated carbocycles. The van der Waals surface area contributed by atoms with Gasteiger partial charge in [-0.1, -0.05) is 0 Å². The predicted molar refractivity (Wildman–Crippen MR) is 68.8 cm³/mol. The maximum atomic E-state index is 12.1. The van der Waals surface area contributed by atoms with Crippen LogP contribution in [0.4, 0.5) is 0 Å². The second-order valence-electron chi connectivity index (χ2n) is 5.13. The summed E-state index contributed by atoms with van der Waals surface area (Å²) in [5.74, 6) is -1.11. The van der Waals surface area contributed by atoms with E-state index < -0.39 is 5.97 Å². The molecule has 1 aliphatic rings. The Balaban J connectivity index is 1.91. The lowest BCUT2D eigenvalue weighted by atomic mass is 9.86. The van der Waals surface area contributed by atoms with Gasteiger partial charge in [0.1, 0.15) is 0 Å². The van der Waals surface area contributed by atoms with E-state index >= 15 is 0 Å². The van der Waals surface area contributed by atoms with E-state index in [9.17, 15) is 9.59 Å². The normalized spacial score (nSPS) is 23.1. The van der Waals surface area contributed by atoms with Crippen LogP contribution in [0.3, 0.4) is 0 Å². The number of carbonyl (C=O) groups excluding carboxylic acids is 1. The summed E-state index contributed by atoms with van der Waals surface area (Å²) in [4.78, 5) is 22.9. The van der Waals surface area contributed by atoms with Crippen LogP contribution in [-0.2, 0) is 11.8 Å². The van der Waals surface area contributed by atoms with Gasteiger partial charge in [0.25, 0.3) is 5.91 Å². The monoisotopic (exact) mass is 265 g/mol. The number of carboxylic acids is 1. The molecule has 1 heterocycles. The van der Waals surface area contributed by atoms with Gasteiger partial charge in [0.05, 0.1) is 17.7 Å². The number of rotatable bonds is 3. The first kappa shape index (κ1) is 13.6. The summed E-state index contributed by atoms with van der Waals surface area (Å²) >= 11 is 0. The third-order valence-corrected chi connectivity index (χ3v) is 3.89. The summed E-state index contributed by atoms with van der Waals surface area (Å²) in [5.41, 5.74) is 1.42. The second-order valence-corrected chi connectivity index (χ2v) is 5.13. The van der Waals surface area contributed by atoms with Crippen LogP contribution < -0.4 is 5.32 Å². The highest BCUT2D eigenvalue weighted by Gasteiger charge is 2.27. The Morgan fingerprint density at radius 2 is 2.00 bits per heavy atom. The van der Waals surface area contributed by atoms with Gasteiger partial charge >= 0.3 is 5.97 Å². The van der Waals surface area contributed by atoms with Gasteiger partial charge in [-0.15, -0.1) is 0 Å². The SMILES string of the molecule is Cc1c(C(=O)NC2CCC(C(=O)O)CC2)cnn1C. The number of aliphatic carboxylic acids is 1. The molecule has 1 aliphatic carbocycles. The molecule has 1 amide bonds. The van der Waals surface area contributed by atoms with Crippen molar-refractivity contribution in [2.45, 2.75) is 38.6 Å². The molecule has 0 saturated heterocycles. The van der Waals surface area contributed by atoms with Crippen LogP contribution in [0.25, 0.3) is 0 Å². The first-order chi connectivity index (χ1) is 8.99. The number of hydrogen-bond acceptors (Lipinski definition) is 3. The van der Waals surface area contributed by atoms with Gasteiger partial charge in [0.15, 0.2) is 0 Å². The molecular formula is C13H19N3O3. The Kier molecular flexibility index (Phi) is 3.87. The summed E-state index contributed by atoms with van der Waals surface area (Å²) in [7, 11) is 1.80. The molecule has 104 valence electrons. The van der Waals surface area contributed by atoms with Crippen LogP contribution in [0.2, 0.25) is 0 Å². The number of carboxylic acid groups (broad SMARTS) is 1. The first-order valence-corrected chi connectivity index (χ1v) is 6.51. The highest BCUT2D eigenvalue weighted by atomic mass is 16.4. The number of aromatic nitrogens is 2. The Labute approximate surface area is 111 Å². The van der Waals surface area contributed by atoms with E-state index in [0.29, 0.717) is 18.4 Å². The average molecular weight is 265 g/mol. The fourth-order valence-corrected chi connectivity index (χ4v) is 2.47. The van der Waals surface area contributed by atoms with Crippen molar-refractivity contribution < 1.29 is 14.7 Å². The van der Waals surface area contributed by atoms with Crippen LogP contribution in [0.5, 0.6) is 0 Å². The zero-order valence-electron chi connectivity index (χ0n) is 11.2. The van der Waals surface area contributed by atoms with Crippen molar-refractivity contribution in [1.82, 2.24) is 15.1 Å². The second kappa shape index (κ2) is 5.42. The molecule has 1 aromatic heterocycles. The summed E-state index contributed by atoms with van der Waals surface area (Å²) in [6, 6.07) is 0.0720. The van der Waals surface area contributed by atoms with Gasteiger partial charge in [-0.25, -0.2) is 0 Å². The molecule has 0 aromatic carbocycles. The minimum atomic E-state index is -0.729. The molecule has 1 aromatic rings. The molecule has 0 bridgehead atoms. The zero-order valence-corrected chi connectivity index (χ0v) is 11.2. The van der Waals surface area contributed by atoms with Gasteiger partial charge in [-0.2, -0.15) is 5.10 Å². The maximum absolute atomic E-state index is 12.1. The fourth-order valence-electron chi connectivity index (χ4n) is 2.47. The highest BCUT2D eigenvalue weighted by Crippen LogP contribution is 2.24. The van der Waals surface area contributed by atoms with Crippen molar-refractivity contribution in [1.29, 1.82) is 0 Å². The van der Waals surface area contributed by atoms with Gasteiger partial charge < -0.3 is 10.4 Å². The van der Waals surface area contributed by atoms with Crippen LogP contribution in [-0.4, -0.2) is 32.8 Å². The minimum absolute atomic E-state index is 0.0720. The van der Waals surface area contributed by atoms with Crippen LogP contribution >= 0.6 is 0 Å². The number of nitrogens with zero attached hydrogens (tertiary/aromatic N) is 2. The third kappa shape index (κ3) is 2.94. The van der Waals surface area contributed by atoms with E-state index in [4.69, 9.17) is 5.11 Å². The number of carbonyl (C=O) groups is 2. The third-order valence-electron chi connectivity index (χ3n) is 3.89. The summed E-state index contributed by atoms with van der Waals surface area (Å²) in [5, 5.41) is 15.9. The molecule has 1 fully saturated rings. The van der Waals surface area contributed by atoms with Crippen molar-refractivity contribution in [2.75, 3.05) is 0 Å². The van der Waals surface area contributed by atoms with E-state index in [2.05, 4.69) is 10.4 Å². The molecule has 6 nitrogen and oxygen atoms in total. The Morgan fingerprint density at radius 1 is 1.37 bits per heavy atom. The molecule has 0 radical (unpaired) electrons. The molecule has 2 rings (SSSR count). The molecule has 6 heteroatoms. The fraction of sp³-hybridized carbons (Fsp3) is 0.615. The van der Waals surface area contributed by atoms with Crippen LogP contribution in [0.1, 0.15) is 41.7 Å². The lowest BCUT2D eigenvalue weighted by Crippen LogP contribution is -2.38. The van der Waals surface area contributed by atoms with Crippen LogP contribution in [0.15, 0.2) is 6.20 Å². The molecule has 19 heavy (non-hydrogen) atoms. The lowest BCUT2D eigenvalue weighted by Gasteiger charge is -2.26. The molecular weight excluding hydrogens is 246 g/mol. The lowest BCUT2D eigenvalue weighted by molar-refractivity contribution is -0.142. The smallest absolute Gasteiger partial charge is 0.306 e. The molecule has 0 unspecified atom stereocenters. The van der Waals surface area contributed by atoms with E-state index in [-0.39, 0.29) is 17.9 Å². The van der Waals surface area contributed by atoms with Gasteiger partial charge in [-0.05, 0) is 32.6 Å². The van der Waals surface area contributed by atoms with Crippen molar-refractivity contribution in [3.05, 3.63) is 17.5 Å². The highest BCUT2D eigenvalue weighted by molar-refractivity contribution is 5.95. The van der Waals surface area contributed by atoms with Crippen molar-refractivity contribution >= 4 is 11.9 Å². The van der Waals surface area contributed by atoms with E-state index in [1.54, 1.807) is 17.9 Å². The van der Waals surface area contributed by atoms with Crippen LogP contribution in [0, 0.1) is 12.8 Å². The molecule has 2 N–H and O–H groups in total. The molecule has 0 aliphatic heterocycles. The predicted octanol–water partition coefficient (Wildman–Crippen LogP) is 1.10. The molecule has 0 spiro atoms. The van der Waals surface area contributed by atoms with Gasteiger partial charge in [-0.3, -0.25) is 14.3 Å². The average Bonchev–Trinajstić information content (AvgIpc) is 2.70. The van der Waals surface area contributed by atoms with Gasteiger partial charge in [0, 0.05) is 18.8 Å². The van der Waals surface area contributed by atoms with Crippen molar-refractivity contribution in [3.63, 3.8) is 0 Å². The standard InChI is InChI=1S/C13H19N3O3/c1-8-11(7-14-16(8)2)12(17)15-10-5-3-9(4-6-10)13(18)19/h7,9-10H,3-6H2,1-2H3,(H,15,17)(H,18,19). The van der Waals surface area contributed by atoms with Crippen molar-refractivity contribution in [3.8, 4) is 0 Å². The number of amides is 1.